The maximum absolute atomic E-state index is 12.0. The van der Waals surface area contributed by atoms with Crippen LogP contribution in [0.3, 0.4) is 0 Å². The predicted molar refractivity (Wildman–Crippen MR) is 72.7 cm³/mol. The van der Waals surface area contributed by atoms with Crippen LogP contribution in [0.4, 0.5) is 13.2 Å². The van der Waals surface area contributed by atoms with Crippen molar-refractivity contribution < 1.29 is 51.5 Å². The van der Waals surface area contributed by atoms with Crippen LogP contribution in [0.5, 0.6) is 5.75 Å². The number of hydrogen-bond donors (Lipinski definition) is 2. The van der Waals surface area contributed by atoms with E-state index in [9.17, 15) is 26.6 Å². The molecule has 0 atom stereocenters. The monoisotopic (exact) mass is 415 g/mol. The van der Waals surface area contributed by atoms with Gasteiger partial charge in [0.25, 0.3) is 0 Å². The van der Waals surface area contributed by atoms with Crippen LogP contribution in [0.15, 0.2) is 30.5 Å². The van der Waals surface area contributed by atoms with Crippen LogP contribution in [-0.2, 0) is 30.2 Å². The van der Waals surface area contributed by atoms with Crippen molar-refractivity contribution in [2.45, 2.75) is 5.51 Å². The van der Waals surface area contributed by atoms with E-state index in [0.717, 1.165) is 0 Å². The molecule has 1 aromatic heterocycles. The molecule has 14 heteroatoms. The number of alkyl halides is 3. The van der Waals surface area contributed by atoms with Gasteiger partial charge in [0.05, 0.1) is 7.11 Å². The Morgan fingerprint density at radius 1 is 1.29 bits per heavy atom. The summed E-state index contributed by atoms with van der Waals surface area (Å²) in [5, 5.41) is 18.5. The van der Waals surface area contributed by atoms with E-state index >= 15 is 0 Å². The van der Waals surface area contributed by atoms with Crippen molar-refractivity contribution in [1.82, 2.24) is 15.4 Å². The van der Waals surface area contributed by atoms with E-state index in [1.165, 1.54) is 31.4 Å². The third-order valence-corrected chi connectivity index (χ3v) is 3.50. The summed E-state index contributed by atoms with van der Waals surface area (Å²) in [7, 11) is -6.70. The molecule has 0 bridgehead atoms. The molecule has 0 aliphatic rings. The zero-order valence-electron chi connectivity index (χ0n) is 11.8. The van der Waals surface area contributed by atoms with Gasteiger partial charge in [0, 0.05) is 0 Å². The van der Waals surface area contributed by atoms with Crippen LogP contribution >= 0.6 is 0 Å². The second kappa shape index (κ2) is 8.49. The number of nitrogens with one attached hydrogen (secondary N) is 1. The summed E-state index contributed by atoms with van der Waals surface area (Å²) >= 11 is 4.67. The van der Waals surface area contributed by atoms with E-state index < -0.39 is 22.7 Å². The fourth-order valence-electron chi connectivity index (χ4n) is 1.18. The third kappa shape index (κ3) is 6.13. The van der Waals surface area contributed by atoms with Gasteiger partial charge in [-0.15, -0.1) is 0 Å². The van der Waals surface area contributed by atoms with E-state index in [1.54, 1.807) is 6.20 Å². The molecule has 1 heterocycles. The summed E-state index contributed by atoms with van der Waals surface area (Å²) in [4.78, 5) is 0. The predicted octanol–water partition coefficient (Wildman–Crippen LogP) is -0.774. The molecule has 0 fully saturated rings. The summed E-state index contributed by atoms with van der Waals surface area (Å²) in [6.07, 6.45) is 1.54. The first-order valence-corrected chi connectivity index (χ1v) is 7.74. The molecule has 2 rings (SSSR count). The van der Waals surface area contributed by atoms with E-state index in [-0.39, 0.29) is 5.46 Å². The van der Waals surface area contributed by atoms with E-state index in [4.69, 9.17) is 4.74 Å². The standard InChI is InChI=1S/C8H8BF3O5S.C2H2N3.Cu/c1-16-7-4-2-6(3-5-7)9(13)17-18(14,15)8(10,11)12;1-2-4-5-3-1;/h2-5,13H,1H3;1H,(H,3,4,5);. The second-order valence-corrected chi connectivity index (χ2v) is 5.92. The van der Waals surface area contributed by atoms with Crippen molar-refractivity contribution in [1.29, 1.82) is 0 Å². The van der Waals surface area contributed by atoms with Crippen LogP contribution in [0.2, 0.25) is 0 Å². The first-order chi connectivity index (χ1) is 11.1. The molecule has 0 saturated heterocycles. The molecule has 136 valence electrons. The van der Waals surface area contributed by atoms with Gasteiger partial charge in [0.15, 0.2) is 0 Å². The first kappa shape index (κ1) is 20.4. The summed E-state index contributed by atoms with van der Waals surface area (Å²) in [5.41, 5.74) is -5.73. The number of aromatic nitrogens is 3. The van der Waals surface area contributed by atoms with Gasteiger partial charge in [-0.1, -0.05) is 12.1 Å². The molecule has 2 aromatic rings. The van der Waals surface area contributed by atoms with Crippen molar-refractivity contribution in [2.75, 3.05) is 7.11 Å². The zero-order valence-corrected chi connectivity index (χ0v) is 13.5. The molecule has 8 nitrogen and oxygen atoms in total. The summed E-state index contributed by atoms with van der Waals surface area (Å²) in [6.45, 7) is 0. The zero-order chi connectivity index (χ0) is 18.4. The van der Waals surface area contributed by atoms with Crippen LogP contribution in [0, 0.1) is 0 Å². The van der Waals surface area contributed by atoms with Crippen LogP contribution in [-0.4, -0.2) is 48.6 Å². The molecule has 24 heavy (non-hydrogen) atoms. The molecule has 0 spiro atoms. The average molecular weight is 416 g/mol. The molecule has 1 aromatic carbocycles. The Balaban J connectivity index is 0.000000400. The number of methoxy groups -OCH3 is 1. The summed E-state index contributed by atoms with van der Waals surface area (Å²) < 4.78 is 66.1. The van der Waals surface area contributed by atoms with Crippen LogP contribution in [0.25, 0.3) is 0 Å². The number of nitrogens with zero attached hydrogens (tertiary/aromatic N) is 2. The molecule has 0 aliphatic heterocycles. The first-order valence-electron chi connectivity index (χ1n) is 5.86. The van der Waals surface area contributed by atoms with Crippen molar-refractivity contribution in [3.8, 4) is 5.75 Å². The van der Waals surface area contributed by atoms with Gasteiger partial charge in [0.2, 0.25) is 0 Å². The number of halogens is 3. The van der Waals surface area contributed by atoms with Gasteiger partial charge in [-0.05, 0) is 17.6 Å². The molecular weight excluding hydrogens is 406 g/mol. The van der Waals surface area contributed by atoms with Crippen molar-refractivity contribution in [2.24, 2.45) is 0 Å². The number of hydrogen-bond acceptors (Lipinski definition) is 7. The molecular formula is C10H10BCuF3N3O5S. The average Bonchev–Trinajstić information content (AvgIpc) is 2.97. The minimum atomic E-state index is -5.84. The van der Waals surface area contributed by atoms with E-state index in [1.807, 2.05) is 0 Å². The van der Waals surface area contributed by atoms with Crippen molar-refractivity contribution in [3.63, 3.8) is 0 Å². The van der Waals surface area contributed by atoms with Gasteiger partial charge in [-0.2, -0.15) is 21.6 Å². The van der Waals surface area contributed by atoms with Crippen LogP contribution < -0.4 is 14.8 Å². The molecule has 0 aliphatic carbocycles. The van der Waals surface area contributed by atoms with Gasteiger partial charge in [-0.25, -0.2) is 0 Å². The maximum atomic E-state index is 12.0. The normalized spacial score (nSPS) is 11.5. The molecule has 2 N–H and O–H groups in total. The van der Waals surface area contributed by atoms with Crippen molar-refractivity contribution >= 4 is 27.3 Å². The minimum absolute atomic E-state index is 0.149. The Hall–Kier alpha value is -1.60. The molecule has 0 radical (unpaired) electrons. The van der Waals surface area contributed by atoms with Crippen LogP contribution in [0.1, 0.15) is 0 Å². The second-order valence-electron chi connectivity index (χ2n) is 3.88. The third-order valence-electron chi connectivity index (χ3n) is 2.27. The molecule has 0 saturated carbocycles. The Bertz CT molecular complexity index is 727. The fraction of sp³-hybridized carbons (Fsp3) is 0.200. The SMILES string of the molecule is COc1ccc(B(O)OS(=O)(=O)C(F)(F)F)cc1.[Cu][c]1c[nH]nn1. The molecule has 0 unspecified atom stereocenters. The number of benzene rings is 1. The van der Waals surface area contributed by atoms with Gasteiger partial charge >= 0.3 is 65.0 Å². The topological polar surface area (TPSA) is 114 Å². The van der Waals surface area contributed by atoms with Gasteiger partial charge in [0.1, 0.15) is 5.75 Å². The Morgan fingerprint density at radius 3 is 2.21 bits per heavy atom. The Morgan fingerprint density at radius 2 is 1.88 bits per heavy atom. The number of rotatable bonds is 4. The van der Waals surface area contributed by atoms with Gasteiger partial charge < -0.3 is 9.76 Å². The number of aromatic amines is 1. The Kier molecular flexibility index (Phi) is 7.23. The summed E-state index contributed by atoms with van der Waals surface area (Å²) in [5.74, 6) is 0.393. The van der Waals surface area contributed by atoms with Gasteiger partial charge in [-0.3, -0.25) is 4.10 Å². The molecule has 0 amide bonds. The number of ether oxygens (including phenoxy) is 1. The van der Waals surface area contributed by atoms with E-state index in [2.05, 4.69) is 35.5 Å². The van der Waals surface area contributed by atoms with Crippen molar-refractivity contribution in [3.05, 3.63) is 30.5 Å². The number of H-pyrrole nitrogens is 1. The van der Waals surface area contributed by atoms with E-state index in [0.29, 0.717) is 10.3 Å². The quantitative estimate of drug-likeness (QED) is 0.497. The Labute approximate surface area is 143 Å². The summed E-state index contributed by atoms with van der Waals surface area (Å²) in [6, 6.07) is 5.02. The fourth-order valence-corrected chi connectivity index (χ4v) is 1.75.